The van der Waals surface area contributed by atoms with E-state index in [-0.39, 0.29) is 11.6 Å². The van der Waals surface area contributed by atoms with Crippen molar-refractivity contribution in [1.82, 2.24) is 0 Å². The Morgan fingerprint density at radius 1 is 0.852 bits per heavy atom. The number of hydrogen-bond donors (Lipinski definition) is 0. The van der Waals surface area contributed by atoms with Gasteiger partial charge in [-0.25, -0.2) is 0 Å². The van der Waals surface area contributed by atoms with E-state index in [1.165, 1.54) is 19.4 Å². The third-order valence-electron chi connectivity index (χ3n) is 4.54. The number of ketones is 2. The molecule has 0 spiro atoms. The van der Waals surface area contributed by atoms with Crippen molar-refractivity contribution in [3.8, 4) is 5.75 Å². The van der Waals surface area contributed by atoms with Gasteiger partial charge in [-0.1, -0.05) is 54.6 Å². The van der Waals surface area contributed by atoms with Gasteiger partial charge in [0, 0.05) is 0 Å². The van der Waals surface area contributed by atoms with E-state index in [9.17, 15) is 9.59 Å². The molecule has 0 saturated heterocycles. The van der Waals surface area contributed by atoms with Crippen LogP contribution < -0.4 is 4.74 Å². The molecule has 2 aromatic carbocycles. The second kappa shape index (κ2) is 11.1. The summed E-state index contributed by atoms with van der Waals surface area (Å²) in [5, 5.41) is 0. The minimum Gasteiger partial charge on any atom is -0.489 e. The number of benzene rings is 2. The fraction of sp³-hybridized carbons (Fsp3) is 0.333. The highest BCUT2D eigenvalue weighted by atomic mass is 16.5. The number of carbonyl (C=O) groups excluding carboxylic acids is 2. The van der Waals surface area contributed by atoms with Gasteiger partial charge in [0.15, 0.2) is 0 Å². The molecule has 0 radical (unpaired) electrons. The molecule has 0 atom stereocenters. The van der Waals surface area contributed by atoms with Crippen LogP contribution in [-0.4, -0.2) is 11.6 Å². The third-order valence-corrected chi connectivity index (χ3v) is 4.54. The molecule has 0 fully saturated rings. The molecule has 0 saturated carbocycles. The molecule has 0 aliphatic heterocycles. The molecule has 0 heterocycles. The van der Waals surface area contributed by atoms with Gasteiger partial charge in [-0.3, -0.25) is 9.59 Å². The quantitative estimate of drug-likeness (QED) is 0.400. The molecular weight excluding hydrogens is 336 g/mol. The molecule has 0 aliphatic carbocycles. The van der Waals surface area contributed by atoms with Crippen molar-refractivity contribution in [1.29, 1.82) is 0 Å². The van der Waals surface area contributed by atoms with Crippen molar-refractivity contribution < 1.29 is 14.3 Å². The Hall–Kier alpha value is -2.68. The Morgan fingerprint density at radius 2 is 1.48 bits per heavy atom. The molecule has 27 heavy (non-hydrogen) atoms. The van der Waals surface area contributed by atoms with Gasteiger partial charge in [-0.05, 0) is 62.8 Å². The monoisotopic (exact) mass is 364 g/mol. The van der Waals surface area contributed by atoms with Crippen molar-refractivity contribution >= 4 is 11.6 Å². The molecule has 2 aromatic rings. The second-order valence-corrected chi connectivity index (χ2v) is 6.78. The van der Waals surface area contributed by atoms with Crippen molar-refractivity contribution in [3.05, 3.63) is 77.9 Å². The number of Topliss-reactive ketones (excluding diaryl/α,β-unsaturated/α-hetero) is 2. The fourth-order valence-corrected chi connectivity index (χ4v) is 2.93. The lowest BCUT2D eigenvalue weighted by Crippen LogP contribution is -2.18. The molecular formula is C24H28O3. The van der Waals surface area contributed by atoms with Crippen molar-refractivity contribution in [2.45, 2.75) is 46.1 Å². The number of ether oxygens (including phenoxy) is 1. The van der Waals surface area contributed by atoms with Crippen LogP contribution in [0.25, 0.3) is 0 Å². The van der Waals surface area contributed by atoms with Crippen LogP contribution >= 0.6 is 0 Å². The maximum absolute atomic E-state index is 11.4. The predicted molar refractivity (Wildman–Crippen MR) is 109 cm³/mol. The van der Waals surface area contributed by atoms with E-state index in [1.807, 2.05) is 30.3 Å². The zero-order valence-corrected chi connectivity index (χ0v) is 16.2. The Balaban J connectivity index is 1.69. The summed E-state index contributed by atoms with van der Waals surface area (Å²) in [4.78, 5) is 22.8. The van der Waals surface area contributed by atoms with Crippen LogP contribution in [0.4, 0.5) is 0 Å². The number of hydrogen-bond acceptors (Lipinski definition) is 3. The van der Waals surface area contributed by atoms with E-state index >= 15 is 0 Å². The SMILES string of the molecule is CC(=O)C(CC/C=C/CCc1ccc(OCc2ccccc2)cc1)C(C)=O. The first kappa shape index (κ1) is 20.6. The number of aryl methyl sites for hydroxylation is 1. The predicted octanol–water partition coefficient (Wildman–Crippen LogP) is 5.33. The van der Waals surface area contributed by atoms with E-state index < -0.39 is 5.92 Å². The van der Waals surface area contributed by atoms with Crippen LogP contribution in [-0.2, 0) is 22.6 Å². The van der Waals surface area contributed by atoms with Crippen LogP contribution in [0.3, 0.4) is 0 Å². The summed E-state index contributed by atoms with van der Waals surface area (Å²) < 4.78 is 5.80. The summed E-state index contributed by atoms with van der Waals surface area (Å²) in [6.45, 7) is 3.55. The summed E-state index contributed by atoms with van der Waals surface area (Å²) >= 11 is 0. The van der Waals surface area contributed by atoms with Gasteiger partial charge in [-0.15, -0.1) is 0 Å². The Labute approximate surface area is 162 Å². The molecule has 3 heteroatoms. The van der Waals surface area contributed by atoms with E-state index in [0.717, 1.165) is 30.6 Å². The van der Waals surface area contributed by atoms with Crippen LogP contribution in [0.5, 0.6) is 5.75 Å². The van der Waals surface area contributed by atoms with Crippen LogP contribution in [0, 0.1) is 5.92 Å². The number of rotatable bonds is 11. The van der Waals surface area contributed by atoms with Gasteiger partial charge in [-0.2, -0.15) is 0 Å². The molecule has 0 bridgehead atoms. The minimum absolute atomic E-state index is 0.0366. The Bertz CT molecular complexity index is 731. The van der Waals surface area contributed by atoms with Gasteiger partial charge < -0.3 is 4.74 Å². The van der Waals surface area contributed by atoms with Gasteiger partial charge in [0.05, 0.1) is 5.92 Å². The maximum atomic E-state index is 11.4. The van der Waals surface area contributed by atoms with Gasteiger partial charge in [0.25, 0.3) is 0 Å². The Kier molecular flexibility index (Phi) is 8.50. The number of carbonyl (C=O) groups is 2. The Morgan fingerprint density at radius 3 is 2.11 bits per heavy atom. The average Bonchev–Trinajstić information content (AvgIpc) is 2.67. The number of allylic oxidation sites excluding steroid dienone is 2. The topological polar surface area (TPSA) is 43.4 Å². The lowest BCUT2D eigenvalue weighted by Gasteiger charge is -2.07. The van der Waals surface area contributed by atoms with Gasteiger partial charge in [0.1, 0.15) is 23.9 Å². The summed E-state index contributed by atoms with van der Waals surface area (Å²) in [6, 6.07) is 18.3. The molecule has 3 nitrogen and oxygen atoms in total. The molecule has 0 amide bonds. The second-order valence-electron chi connectivity index (χ2n) is 6.78. The molecule has 2 rings (SSSR count). The van der Waals surface area contributed by atoms with Crippen molar-refractivity contribution in [3.63, 3.8) is 0 Å². The summed E-state index contributed by atoms with van der Waals surface area (Å²) in [5.41, 5.74) is 2.42. The molecule has 0 aromatic heterocycles. The normalized spacial score (nSPS) is 11.1. The van der Waals surface area contributed by atoms with E-state index in [2.05, 4.69) is 36.4 Å². The van der Waals surface area contributed by atoms with Crippen LogP contribution in [0.15, 0.2) is 66.7 Å². The summed E-state index contributed by atoms with van der Waals surface area (Å²) in [7, 11) is 0. The first-order chi connectivity index (χ1) is 13.1. The standard InChI is InChI=1S/C24H28O3/c1-19(25)24(20(2)26)13-9-4-3-6-10-21-14-16-23(17-15-21)27-18-22-11-7-5-8-12-22/h3-5,7-8,11-12,14-17,24H,6,9-10,13,18H2,1-2H3/b4-3+. The highest BCUT2D eigenvalue weighted by molar-refractivity contribution is 6.00. The molecule has 0 N–H and O–H groups in total. The maximum Gasteiger partial charge on any atom is 0.140 e. The lowest BCUT2D eigenvalue weighted by atomic mass is 9.95. The smallest absolute Gasteiger partial charge is 0.140 e. The lowest BCUT2D eigenvalue weighted by molar-refractivity contribution is -0.130. The van der Waals surface area contributed by atoms with E-state index in [4.69, 9.17) is 4.74 Å². The zero-order chi connectivity index (χ0) is 19.5. The van der Waals surface area contributed by atoms with Gasteiger partial charge in [0.2, 0.25) is 0 Å². The molecule has 0 unspecified atom stereocenters. The van der Waals surface area contributed by atoms with Gasteiger partial charge >= 0.3 is 0 Å². The van der Waals surface area contributed by atoms with Crippen LogP contribution in [0.2, 0.25) is 0 Å². The first-order valence-corrected chi connectivity index (χ1v) is 9.48. The largest absolute Gasteiger partial charge is 0.489 e. The summed E-state index contributed by atoms with van der Waals surface area (Å²) in [6.07, 6.45) is 7.45. The highest BCUT2D eigenvalue weighted by Crippen LogP contribution is 2.16. The van der Waals surface area contributed by atoms with Crippen LogP contribution in [0.1, 0.15) is 44.2 Å². The zero-order valence-electron chi connectivity index (χ0n) is 16.2. The highest BCUT2D eigenvalue weighted by Gasteiger charge is 2.17. The average molecular weight is 364 g/mol. The van der Waals surface area contributed by atoms with Crippen molar-refractivity contribution in [2.24, 2.45) is 5.92 Å². The summed E-state index contributed by atoms with van der Waals surface area (Å²) in [5.74, 6) is 0.353. The van der Waals surface area contributed by atoms with E-state index in [1.54, 1.807) is 0 Å². The van der Waals surface area contributed by atoms with Crippen molar-refractivity contribution in [2.75, 3.05) is 0 Å². The molecule has 0 aliphatic rings. The van der Waals surface area contributed by atoms with E-state index in [0.29, 0.717) is 13.0 Å². The fourth-order valence-electron chi connectivity index (χ4n) is 2.93. The minimum atomic E-state index is -0.446. The first-order valence-electron chi connectivity index (χ1n) is 9.48. The third kappa shape index (κ3) is 7.61. The molecule has 142 valence electrons.